The second-order valence-electron chi connectivity index (χ2n) is 7.47. The lowest BCUT2D eigenvalue weighted by Crippen LogP contribution is -2.28. The summed E-state index contributed by atoms with van der Waals surface area (Å²) in [7, 11) is 0. The predicted octanol–water partition coefficient (Wildman–Crippen LogP) is 3.60. The zero-order valence-corrected chi connectivity index (χ0v) is 17.6. The van der Waals surface area contributed by atoms with Crippen LogP contribution in [-0.2, 0) is 4.79 Å². The molecule has 31 heavy (non-hydrogen) atoms. The molecule has 1 aliphatic rings. The van der Waals surface area contributed by atoms with Crippen LogP contribution < -0.4 is 20.3 Å². The van der Waals surface area contributed by atoms with Gasteiger partial charge in [0, 0.05) is 30.7 Å². The molecule has 0 aliphatic carbocycles. The van der Waals surface area contributed by atoms with E-state index in [0.717, 1.165) is 42.7 Å². The normalized spacial score (nSPS) is 13.3. The van der Waals surface area contributed by atoms with Crippen molar-refractivity contribution < 1.29 is 14.3 Å². The van der Waals surface area contributed by atoms with Crippen molar-refractivity contribution in [3.8, 4) is 5.75 Å². The number of hydrogen-bond acceptors (Lipinski definition) is 5. The van der Waals surface area contributed by atoms with E-state index in [1.807, 2.05) is 37.3 Å². The number of carbonyl (C=O) groups is 2. The molecule has 0 unspecified atom stereocenters. The molecule has 1 fully saturated rings. The van der Waals surface area contributed by atoms with Crippen molar-refractivity contribution in [3.63, 3.8) is 0 Å². The van der Waals surface area contributed by atoms with Crippen molar-refractivity contribution in [1.82, 2.24) is 10.3 Å². The van der Waals surface area contributed by atoms with Gasteiger partial charge in [-0.15, -0.1) is 0 Å². The third-order valence-electron chi connectivity index (χ3n) is 5.21. The standard InChI is InChI=1S/C24H26N4O3/c1-2-25-22(29)16-31-19-11-9-18(10-12-19)26-24(30)20-15-17-7-3-4-8-21(17)27-23(20)28-13-5-6-14-28/h3-4,7-12,15H,2,5-6,13-14,16H2,1H3,(H,25,29)(H,26,30). The fourth-order valence-corrected chi connectivity index (χ4v) is 3.67. The highest BCUT2D eigenvalue weighted by Gasteiger charge is 2.22. The average Bonchev–Trinajstić information content (AvgIpc) is 3.33. The number of rotatable bonds is 7. The number of hydrogen-bond donors (Lipinski definition) is 2. The molecule has 1 aliphatic heterocycles. The summed E-state index contributed by atoms with van der Waals surface area (Å²) in [5.74, 6) is 0.930. The molecule has 0 spiro atoms. The van der Waals surface area contributed by atoms with Crippen LogP contribution in [0.2, 0.25) is 0 Å². The number of nitrogens with zero attached hydrogens (tertiary/aromatic N) is 2. The molecule has 0 atom stereocenters. The van der Waals surface area contributed by atoms with Crippen LogP contribution in [0.15, 0.2) is 54.6 Å². The molecule has 1 saturated heterocycles. The molecule has 0 saturated carbocycles. The van der Waals surface area contributed by atoms with E-state index in [1.165, 1.54) is 0 Å². The lowest BCUT2D eigenvalue weighted by atomic mass is 10.1. The Bertz CT molecular complexity index is 1080. The van der Waals surface area contributed by atoms with Gasteiger partial charge in [0.2, 0.25) is 0 Å². The van der Waals surface area contributed by atoms with E-state index >= 15 is 0 Å². The first-order valence-electron chi connectivity index (χ1n) is 10.6. The summed E-state index contributed by atoms with van der Waals surface area (Å²) in [4.78, 5) is 31.6. The third-order valence-corrected chi connectivity index (χ3v) is 5.21. The van der Waals surface area contributed by atoms with Gasteiger partial charge in [0.05, 0.1) is 11.1 Å². The lowest BCUT2D eigenvalue weighted by molar-refractivity contribution is -0.122. The van der Waals surface area contributed by atoms with Crippen LogP contribution in [0, 0.1) is 0 Å². The van der Waals surface area contributed by atoms with Crippen molar-refractivity contribution in [2.75, 3.05) is 36.5 Å². The largest absolute Gasteiger partial charge is 0.484 e. The molecule has 2 aromatic carbocycles. The summed E-state index contributed by atoms with van der Waals surface area (Å²) in [6.07, 6.45) is 2.21. The summed E-state index contributed by atoms with van der Waals surface area (Å²) in [5, 5.41) is 6.58. The number of ether oxygens (including phenoxy) is 1. The number of fused-ring (bicyclic) bond motifs is 1. The number of para-hydroxylation sites is 1. The molecule has 2 heterocycles. The van der Waals surface area contributed by atoms with E-state index < -0.39 is 0 Å². The Kier molecular flexibility index (Phi) is 6.31. The number of anilines is 2. The number of pyridine rings is 1. The number of carbonyl (C=O) groups excluding carboxylic acids is 2. The van der Waals surface area contributed by atoms with Crippen LogP contribution in [0.25, 0.3) is 10.9 Å². The first kappa shape index (κ1) is 20.7. The minimum Gasteiger partial charge on any atom is -0.484 e. The quantitative estimate of drug-likeness (QED) is 0.613. The molecule has 7 nitrogen and oxygen atoms in total. The minimum atomic E-state index is -0.198. The average molecular weight is 418 g/mol. The van der Waals surface area contributed by atoms with Gasteiger partial charge in [-0.25, -0.2) is 4.98 Å². The Balaban J connectivity index is 1.51. The molecular weight excluding hydrogens is 392 g/mol. The maximum absolute atomic E-state index is 13.1. The highest BCUT2D eigenvalue weighted by Crippen LogP contribution is 2.27. The van der Waals surface area contributed by atoms with E-state index in [1.54, 1.807) is 24.3 Å². The van der Waals surface area contributed by atoms with Crippen LogP contribution in [0.1, 0.15) is 30.1 Å². The fraction of sp³-hybridized carbons (Fsp3) is 0.292. The van der Waals surface area contributed by atoms with Crippen LogP contribution >= 0.6 is 0 Å². The minimum absolute atomic E-state index is 0.0402. The van der Waals surface area contributed by atoms with Crippen molar-refractivity contribution in [1.29, 1.82) is 0 Å². The molecular formula is C24H26N4O3. The van der Waals surface area contributed by atoms with Gasteiger partial charge in [0.15, 0.2) is 6.61 Å². The number of amides is 2. The van der Waals surface area contributed by atoms with E-state index in [0.29, 0.717) is 23.5 Å². The SMILES string of the molecule is CCNC(=O)COc1ccc(NC(=O)c2cc3ccccc3nc2N2CCCC2)cc1. The third kappa shape index (κ3) is 4.94. The fourth-order valence-electron chi connectivity index (χ4n) is 3.67. The number of likely N-dealkylation sites (N-methyl/N-ethyl adjacent to an activating group) is 1. The summed E-state index contributed by atoms with van der Waals surface area (Å²) < 4.78 is 5.46. The van der Waals surface area contributed by atoms with E-state index in [-0.39, 0.29) is 18.4 Å². The van der Waals surface area contributed by atoms with Crippen LogP contribution in [-0.4, -0.2) is 43.0 Å². The highest BCUT2D eigenvalue weighted by molar-refractivity contribution is 6.09. The lowest BCUT2D eigenvalue weighted by Gasteiger charge is -2.20. The second kappa shape index (κ2) is 9.47. The molecule has 0 bridgehead atoms. The molecule has 7 heteroatoms. The van der Waals surface area contributed by atoms with Gasteiger partial charge in [0.1, 0.15) is 11.6 Å². The van der Waals surface area contributed by atoms with E-state index in [4.69, 9.17) is 9.72 Å². The summed E-state index contributed by atoms with van der Waals surface area (Å²) >= 11 is 0. The van der Waals surface area contributed by atoms with Gasteiger partial charge in [-0.3, -0.25) is 9.59 Å². The zero-order valence-electron chi connectivity index (χ0n) is 17.6. The Morgan fingerprint density at radius 1 is 1.06 bits per heavy atom. The van der Waals surface area contributed by atoms with Crippen LogP contribution in [0.4, 0.5) is 11.5 Å². The number of benzene rings is 2. The molecule has 4 rings (SSSR count). The molecule has 1 aromatic heterocycles. The summed E-state index contributed by atoms with van der Waals surface area (Å²) in [6, 6.07) is 16.7. The second-order valence-corrected chi connectivity index (χ2v) is 7.47. The molecule has 2 N–H and O–H groups in total. The molecule has 3 aromatic rings. The maximum atomic E-state index is 13.1. The zero-order chi connectivity index (χ0) is 21.6. The Morgan fingerprint density at radius 2 is 1.81 bits per heavy atom. The van der Waals surface area contributed by atoms with E-state index in [2.05, 4.69) is 15.5 Å². The van der Waals surface area contributed by atoms with Crippen LogP contribution in [0.5, 0.6) is 5.75 Å². The number of aromatic nitrogens is 1. The molecule has 0 radical (unpaired) electrons. The Hall–Kier alpha value is -3.61. The summed E-state index contributed by atoms with van der Waals surface area (Å²) in [5.41, 5.74) is 2.10. The molecule has 160 valence electrons. The predicted molar refractivity (Wildman–Crippen MR) is 122 cm³/mol. The topological polar surface area (TPSA) is 83.6 Å². The van der Waals surface area contributed by atoms with Gasteiger partial charge < -0.3 is 20.3 Å². The smallest absolute Gasteiger partial charge is 0.259 e. The Labute approximate surface area is 181 Å². The van der Waals surface area contributed by atoms with Gasteiger partial charge in [-0.1, -0.05) is 18.2 Å². The van der Waals surface area contributed by atoms with E-state index in [9.17, 15) is 9.59 Å². The van der Waals surface area contributed by atoms with Gasteiger partial charge in [0.25, 0.3) is 11.8 Å². The van der Waals surface area contributed by atoms with Crippen LogP contribution in [0.3, 0.4) is 0 Å². The monoisotopic (exact) mass is 418 g/mol. The highest BCUT2D eigenvalue weighted by atomic mass is 16.5. The van der Waals surface area contributed by atoms with Gasteiger partial charge in [-0.2, -0.15) is 0 Å². The summed E-state index contributed by atoms with van der Waals surface area (Å²) in [6.45, 7) is 4.19. The van der Waals surface area contributed by atoms with Gasteiger partial charge >= 0.3 is 0 Å². The maximum Gasteiger partial charge on any atom is 0.259 e. The Morgan fingerprint density at radius 3 is 2.55 bits per heavy atom. The first-order chi connectivity index (χ1) is 15.1. The number of nitrogens with one attached hydrogen (secondary N) is 2. The van der Waals surface area contributed by atoms with Crippen molar-refractivity contribution in [2.45, 2.75) is 19.8 Å². The van der Waals surface area contributed by atoms with Crippen molar-refractivity contribution in [3.05, 3.63) is 60.2 Å². The first-order valence-corrected chi connectivity index (χ1v) is 10.6. The van der Waals surface area contributed by atoms with Gasteiger partial charge in [-0.05, 0) is 56.2 Å². The molecule has 2 amide bonds. The van der Waals surface area contributed by atoms with Crippen molar-refractivity contribution >= 4 is 34.2 Å². The van der Waals surface area contributed by atoms with Crippen molar-refractivity contribution in [2.24, 2.45) is 0 Å².